The standard InChI is InChI=1S/C16H19ClN2O2/c1-3-14-13(9-16(20)21)15(4-2)19(18-14)10-11-5-7-12(17)8-6-11/h5-8H,3-4,9-10H2,1-2H3,(H,20,21). The molecule has 1 heterocycles. The van der Waals surface area contributed by atoms with Crippen LogP contribution in [0.25, 0.3) is 0 Å². The summed E-state index contributed by atoms with van der Waals surface area (Å²) in [6.07, 6.45) is 1.54. The van der Waals surface area contributed by atoms with Crippen LogP contribution in [0.5, 0.6) is 0 Å². The van der Waals surface area contributed by atoms with Crippen LogP contribution in [0.4, 0.5) is 0 Å². The minimum Gasteiger partial charge on any atom is -0.481 e. The molecule has 0 aliphatic heterocycles. The van der Waals surface area contributed by atoms with E-state index in [1.54, 1.807) is 0 Å². The summed E-state index contributed by atoms with van der Waals surface area (Å²) in [6.45, 7) is 4.66. The van der Waals surface area contributed by atoms with E-state index in [4.69, 9.17) is 16.7 Å². The van der Waals surface area contributed by atoms with Crippen LogP contribution in [-0.4, -0.2) is 20.9 Å². The summed E-state index contributed by atoms with van der Waals surface area (Å²) in [5.74, 6) is -0.814. The first-order chi connectivity index (χ1) is 10.0. The highest BCUT2D eigenvalue weighted by molar-refractivity contribution is 6.30. The van der Waals surface area contributed by atoms with E-state index in [9.17, 15) is 4.79 Å². The first-order valence-corrected chi connectivity index (χ1v) is 7.46. The highest BCUT2D eigenvalue weighted by atomic mass is 35.5. The van der Waals surface area contributed by atoms with Crippen molar-refractivity contribution in [3.8, 4) is 0 Å². The lowest BCUT2D eigenvalue weighted by Crippen LogP contribution is -2.08. The lowest BCUT2D eigenvalue weighted by molar-refractivity contribution is -0.136. The highest BCUT2D eigenvalue weighted by Gasteiger charge is 2.17. The van der Waals surface area contributed by atoms with Gasteiger partial charge in [-0.2, -0.15) is 5.10 Å². The van der Waals surface area contributed by atoms with Crippen molar-refractivity contribution in [1.29, 1.82) is 0 Å². The van der Waals surface area contributed by atoms with Gasteiger partial charge in [0, 0.05) is 16.3 Å². The fourth-order valence-corrected chi connectivity index (χ4v) is 2.64. The van der Waals surface area contributed by atoms with Crippen LogP contribution in [-0.2, 0) is 30.6 Å². The first kappa shape index (κ1) is 15.6. The molecule has 2 rings (SSSR count). The van der Waals surface area contributed by atoms with Crippen molar-refractivity contribution < 1.29 is 9.90 Å². The van der Waals surface area contributed by atoms with Crippen molar-refractivity contribution in [2.45, 2.75) is 39.7 Å². The highest BCUT2D eigenvalue weighted by Crippen LogP contribution is 2.19. The number of aliphatic carboxylic acids is 1. The number of benzene rings is 1. The van der Waals surface area contributed by atoms with E-state index >= 15 is 0 Å². The number of aryl methyl sites for hydroxylation is 1. The fraction of sp³-hybridized carbons (Fsp3) is 0.375. The van der Waals surface area contributed by atoms with Crippen LogP contribution in [0.15, 0.2) is 24.3 Å². The second-order valence-corrected chi connectivity index (χ2v) is 5.37. The number of halogens is 1. The third kappa shape index (κ3) is 3.64. The average Bonchev–Trinajstić information content (AvgIpc) is 2.77. The molecule has 5 heteroatoms. The molecule has 4 nitrogen and oxygen atoms in total. The summed E-state index contributed by atoms with van der Waals surface area (Å²) in [5, 5.41) is 14.4. The van der Waals surface area contributed by atoms with E-state index in [1.807, 2.05) is 42.8 Å². The zero-order valence-corrected chi connectivity index (χ0v) is 13.0. The van der Waals surface area contributed by atoms with Gasteiger partial charge in [-0.05, 0) is 30.5 Å². The van der Waals surface area contributed by atoms with E-state index in [0.29, 0.717) is 11.6 Å². The third-order valence-electron chi connectivity index (χ3n) is 3.49. The lowest BCUT2D eigenvalue weighted by atomic mass is 10.1. The van der Waals surface area contributed by atoms with Gasteiger partial charge in [0.1, 0.15) is 0 Å². The Hall–Kier alpha value is -1.81. The monoisotopic (exact) mass is 306 g/mol. The second-order valence-electron chi connectivity index (χ2n) is 4.93. The number of nitrogens with zero attached hydrogens (tertiary/aromatic N) is 2. The first-order valence-electron chi connectivity index (χ1n) is 7.08. The molecule has 0 unspecified atom stereocenters. The molecular weight excluding hydrogens is 288 g/mol. The van der Waals surface area contributed by atoms with E-state index in [0.717, 1.165) is 35.4 Å². The quantitative estimate of drug-likeness (QED) is 0.890. The zero-order valence-electron chi connectivity index (χ0n) is 12.3. The molecule has 0 saturated heterocycles. The molecule has 112 valence electrons. The number of carboxylic acid groups (broad SMARTS) is 1. The van der Waals surface area contributed by atoms with Crippen LogP contribution < -0.4 is 0 Å². The molecule has 1 N–H and O–H groups in total. The Bertz CT molecular complexity index is 632. The van der Waals surface area contributed by atoms with Gasteiger partial charge in [0.15, 0.2) is 0 Å². The maximum absolute atomic E-state index is 11.1. The second kappa shape index (κ2) is 6.76. The van der Waals surface area contributed by atoms with Gasteiger partial charge in [-0.3, -0.25) is 9.48 Å². The molecule has 2 aromatic rings. The molecule has 0 atom stereocenters. The predicted molar refractivity (Wildman–Crippen MR) is 82.9 cm³/mol. The van der Waals surface area contributed by atoms with Gasteiger partial charge < -0.3 is 5.11 Å². The Balaban J connectivity index is 2.36. The molecule has 0 saturated carbocycles. The third-order valence-corrected chi connectivity index (χ3v) is 3.75. The SMILES string of the molecule is CCc1nn(Cc2ccc(Cl)cc2)c(CC)c1CC(=O)O. The van der Waals surface area contributed by atoms with Crippen molar-refractivity contribution in [1.82, 2.24) is 9.78 Å². The molecule has 0 aliphatic carbocycles. The van der Waals surface area contributed by atoms with E-state index in [2.05, 4.69) is 5.10 Å². The summed E-state index contributed by atoms with van der Waals surface area (Å²) < 4.78 is 1.92. The maximum Gasteiger partial charge on any atom is 0.307 e. The van der Waals surface area contributed by atoms with Gasteiger partial charge in [0.2, 0.25) is 0 Å². The van der Waals surface area contributed by atoms with Gasteiger partial charge >= 0.3 is 5.97 Å². The summed E-state index contributed by atoms with van der Waals surface area (Å²) >= 11 is 5.89. The largest absolute Gasteiger partial charge is 0.481 e. The Kier molecular flexibility index (Phi) is 5.02. The number of hydrogen-bond acceptors (Lipinski definition) is 2. The van der Waals surface area contributed by atoms with Gasteiger partial charge in [0.25, 0.3) is 0 Å². The summed E-state index contributed by atoms with van der Waals surface area (Å²) in [7, 11) is 0. The van der Waals surface area contributed by atoms with Gasteiger partial charge in [-0.25, -0.2) is 0 Å². The maximum atomic E-state index is 11.1. The average molecular weight is 307 g/mol. The molecule has 0 spiro atoms. The van der Waals surface area contributed by atoms with Gasteiger partial charge in [-0.15, -0.1) is 0 Å². The van der Waals surface area contributed by atoms with Crippen LogP contribution >= 0.6 is 11.6 Å². The number of carbonyl (C=O) groups is 1. The summed E-state index contributed by atoms with van der Waals surface area (Å²) in [4.78, 5) is 11.1. The van der Waals surface area contributed by atoms with Crippen molar-refractivity contribution in [2.75, 3.05) is 0 Å². The van der Waals surface area contributed by atoms with Crippen molar-refractivity contribution in [3.63, 3.8) is 0 Å². The van der Waals surface area contributed by atoms with Crippen LogP contribution in [0, 0.1) is 0 Å². The van der Waals surface area contributed by atoms with Crippen molar-refractivity contribution in [2.24, 2.45) is 0 Å². The van der Waals surface area contributed by atoms with Crippen molar-refractivity contribution in [3.05, 3.63) is 51.8 Å². The van der Waals surface area contributed by atoms with Crippen molar-refractivity contribution >= 4 is 17.6 Å². The van der Waals surface area contributed by atoms with Crippen LogP contribution in [0.3, 0.4) is 0 Å². The molecule has 1 aromatic carbocycles. The Morgan fingerprint density at radius 3 is 2.43 bits per heavy atom. The minimum absolute atomic E-state index is 0.0347. The van der Waals surface area contributed by atoms with Gasteiger partial charge in [0.05, 0.1) is 18.7 Å². The Morgan fingerprint density at radius 2 is 1.90 bits per heavy atom. The summed E-state index contributed by atoms with van der Waals surface area (Å²) in [6, 6.07) is 7.63. The van der Waals surface area contributed by atoms with Crippen LogP contribution in [0.1, 0.15) is 36.4 Å². The molecule has 1 aromatic heterocycles. The molecule has 21 heavy (non-hydrogen) atoms. The lowest BCUT2D eigenvalue weighted by Gasteiger charge is -2.07. The van der Waals surface area contributed by atoms with E-state index in [-0.39, 0.29) is 6.42 Å². The molecule has 0 fully saturated rings. The number of hydrogen-bond donors (Lipinski definition) is 1. The normalized spacial score (nSPS) is 10.8. The number of aromatic nitrogens is 2. The molecule has 0 aliphatic rings. The van der Waals surface area contributed by atoms with E-state index < -0.39 is 5.97 Å². The fourth-order valence-electron chi connectivity index (χ4n) is 2.52. The van der Waals surface area contributed by atoms with E-state index in [1.165, 1.54) is 0 Å². The minimum atomic E-state index is -0.814. The van der Waals surface area contributed by atoms with Gasteiger partial charge in [-0.1, -0.05) is 37.6 Å². The molecule has 0 amide bonds. The molecule has 0 radical (unpaired) electrons. The predicted octanol–water partition coefficient (Wildman–Crippen LogP) is 3.34. The van der Waals surface area contributed by atoms with Crippen LogP contribution in [0.2, 0.25) is 5.02 Å². The number of rotatable bonds is 6. The topological polar surface area (TPSA) is 55.1 Å². The number of carboxylic acids is 1. The smallest absolute Gasteiger partial charge is 0.307 e. The molecular formula is C16H19ClN2O2. The molecule has 0 bridgehead atoms. The summed E-state index contributed by atoms with van der Waals surface area (Å²) in [5.41, 5.74) is 3.84. The Morgan fingerprint density at radius 1 is 1.24 bits per heavy atom. The zero-order chi connectivity index (χ0) is 15.4. The Labute approximate surface area is 129 Å².